The van der Waals surface area contributed by atoms with Crippen LogP contribution in [0.1, 0.15) is 85.9 Å². The first-order chi connectivity index (χ1) is 20.1. The van der Waals surface area contributed by atoms with Crippen LogP contribution in [-0.4, -0.2) is 76.2 Å². The molecule has 2 aliphatic heterocycles. The molecular weight excluding hydrogens is 566 g/mol. The van der Waals surface area contributed by atoms with Crippen molar-refractivity contribution < 1.29 is 37.4 Å². The van der Waals surface area contributed by atoms with Gasteiger partial charge in [-0.3, -0.25) is 4.79 Å². The number of alkyl halides is 3. The Bertz CT molecular complexity index is 1340. The highest BCUT2D eigenvalue weighted by Gasteiger charge is 2.56. The number of hydrogen-bond acceptors (Lipinski definition) is 4. The predicted octanol–water partition coefficient (Wildman–Crippen LogP) is 5.80. The Balaban J connectivity index is 1.74. The number of hydrogen-bond donors (Lipinski definition) is 2. The average Bonchev–Trinajstić information content (AvgIpc) is 3.22. The maximum atomic E-state index is 14.2. The molecule has 2 fully saturated rings. The van der Waals surface area contributed by atoms with Crippen LogP contribution in [0.5, 0.6) is 0 Å². The summed E-state index contributed by atoms with van der Waals surface area (Å²) in [4.78, 5) is 32.7. The molecule has 2 saturated heterocycles. The second kappa shape index (κ2) is 12.4. The van der Waals surface area contributed by atoms with Gasteiger partial charge in [0, 0.05) is 33.4 Å². The fraction of sp³-hybridized carbons (Fsp3) is 0.562. The Morgan fingerprint density at radius 2 is 1.67 bits per heavy atom. The molecule has 3 amide bonds. The van der Waals surface area contributed by atoms with Gasteiger partial charge in [0.25, 0.3) is 0 Å². The number of aliphatic hydroxyl groups is 2. The average molecular weight is 608 g/mol. The lowest BCUT2D eigenvalue weighted by Crippen LogP contribution is -2.57. The number of piperazine rings is 1. The molecule has 236 valence electrons. The minimum atomic E-state index is -4.55. The largest absolute Gasteiger partial charge is 0.416 e. The molecule has 2 aromatic rings. The van der Waals surface area contributed by atoms with Crippen molar-refractivity contribution in [3.8, 4) is 0 Å². The molecule has 2 aromatic carbocycles. The van der Waals surface area contributed by atoms with Gasteiger partial charge in [-0.25, -0.2) is 9.18 Å². The van der Waals surface area contributed by atoms with Gasteiger partial charge in [0.2, 0.25) is 5.91 Å². The zero-order valence-electron chi connectivity index (χ0n) is 25.3. The molecule has 0 saturated carbocycles. The molecule has 0 unspecified atom stereocenters. The van der Waals surface area contributed by atoms with E-state index in [-0.39, 0.29) is 57.4 Å². The lowest BCUT2D eigenvalue weighted by Gasteiger charge is -2.47. The number of fused-ring (bicyclic) bond motifs is 1. The maximum absolute atomic E-state index is 14.2. The number of carbonyl (C=O) groups excluding carboxylic acids is 2. The van der Waals surface area contributed by atoms with Gasteiger partial charge in [-0.1, -0.05) is 26.0 Å². The highest BCUT2D eigenvalue weighted by Crippen LogP contribution is 2.49. The smallest absolute Gasteiger partial charge is 0.396 e. The Labute approximate surface area is 250 Å². The number of carbonyl (C=O) groups is 2. The van der Waals surface area contributed by atoms with Crippen molar-refractivity contribution in [3.63, 3.8) is 0 Å². The number of aryl methyl sites for hydroxylation is 1. The van der Waals surface area contributed by atoms with Gasteiger partial charge < -0.3 is 24.9 Å². The van der Waals surface area contributed by atoms with Crippen molar-refractivity contribution in [2.45, 2.75) is 77.2 Å². The fourth-order valence-corrected chi connectivity index (χ4v) is 6.70. The number of halogens is 4. The van der Waals surface area contributed by atoms with Gasteiger partial charge in [-0.05, 0) is 85.5 Å². The highest BCUT2D eigenvalue weighted by molar-refractivity contribution is 5.86. The molecule has 3 atom stereocenters. The molecule has 11 heteroatoms. The monoisotopic (exact) mass is 607 g/mol. The van der Waals surface area contributed by atoms with E-state index in [1.54, 1.807) is 42.8 Å². The van der Waals surface area contributed by atoms with Crippen molar-refractivity contribution >= 4 is 11.9 Å². The van der Waals surface area contributed by atoms with E-state index >= 15 is 0 Å². The number of benzene rings is 2. The van der Waals surface area contributed by atoms with Crippen molar-refractivity contribution in [2.75, 3.05) is 33.4 Å². The lowest BCUT2D eigenvalue weighted by molar-refractivity contribution is -0.140. The van der Waals surface area contributed by atoms with Crippen LogP contribution in [0.4, 0.5) is 22.4 Å². The van der Waals surface area contributed by atoms with Crippen molar-refractivity contribution in [1.29, 1.82) is 0 Å². The predicted molar refractivity (Wildman–Crippen MR) is 154 cm³/mol. The van der Waals surface area contributed by atoms with Crippen LogP contribution in [-0.2, 0) is 11.0 Å². The van der Waals surface area contributed by atoms with Gasteiger partial charge in [-0.15, -0.1) is 0 Å². The fourth-order valence-electron chi connectivity index (χ4n) is 6.70. The van der Waals surface area contributed by atoms with Crippen LogP contribution in [0, 0.1) is 18.2 Å². The minimum Gasteiger partial charge on any atom is -0.396 e. The third-order valence-corrected chi connectivity index (χ3v) is 9.31. The molecule has 0 aromatic heterocycles. The first kappa shape index (κ1) is 32.7. The summed E-state index contributed by atoms with van der Waals surface area (Å²) in [5.41, 5.74) is 0.341. The van der Waals surface area contributed by atoms with Crippen LogP contribution >= 0.6 is 0 Å². The van der Waals surface area contributed by atoms with Crippen LogP contribution in [0.25, 0.3) is 0 Å². The van der Waals surface area contributed by atoms with Gasteiger partial charge in [0.15, 0.2) is 0 Å². The second-order valence-corrected chi connectivity index (χ2v) is 12.2. The van der Waals surface area contributed by atoms with Gasteiger partial charge >= 0.3 is 12.2 Å². The van der Waals surface area contributed by atoms with Gasteiger partial charge in [-0.2, -0.15) is 13.2 Å². The summed E-state index contributed by atoms with van der Waals surface area (Å²) in [6.45, 7) is 6.90. The van der Waals surface area contributed by atoms with Crippen LogP contribution < -0.4 is 0 Å². The van der Waals surface area contributed by atoms with E-state index < -0.39 is 47.1 Å². The molecule has 2 aliphatic rings. The van der Waals surface area contributed by atoms with Crippen molar-refractivity contribution in [3.05, 3.63) is 70.0 Å². The number of amides is 3. The molecule has 2 N–H and O–H groups in total. The Hall–Kier alpha value is -3.18. The SMILES string of the molecule is Cc1cc(F)ccc1[C@H]1[C@@H]2CC(CCO)(CCO)C(=O)N2CCN1C(=O)N(C)[C@H](C)c1cc(C(C)C)cc(C(F)(F)F)c1. The van der Waals surface area contributed by atoms with Gasteiger partial charge in [0.1, 0.15) is 5.82 Å². The summed E-state index contributed by atoms with van der Waals surface area (Å²) in [5.74, 6) is -0.795. The summed E-state index contributed by atoms with van der Waals surface area (Å²) in [6.07, 6.45) is -3.95. The van der Waals surface area contributed by atoms with Crippen LogP contribution in [0.3, 0.4) is 0 Å². The molecule has 0 spiro atoms. The lowest BCUT2D eigenvalue weighted by atomic mass is 9.77. The molecular formula is C32H41F4N3O4. The first-order valence-electron chi connectivity index (χ1n) is 14.7. The Morgan fingerprint density at radius 3 is 2.23 bits per heavy atom. The highest BCUT2D eigenvalue weighted by atomic mass is 19.4. The van der Waals surface area contributed by atoms with Crippen molar-refractivity contribution in [1.82, 2.24) is 14.7 Å². The molecule has 43 heavy (non-hydrogen) atoms. The van der Waals surface area contributed by atoms with E-state index in [4.69, 9.17) is 0 Å². The minimum absolute atomic E-state index is 0.147. The van der Waals surface area contributed by atoms with Crippen molar-refractivity contribution in [2.24, 2.45) is 5.41 Å². The van der Waals surface area contributed by atoms with Crippen LogP contribution in [0.2, 0.25) is 0 Å². The van der Waals surface area contributed by atoms with Gasteiger partial charge in [0.05, 0.1) is 29.1 Å². The summed E-state index contributed by atoms with van der Waals surface area (Å²) >= 11 is 0. The van der Waals surface area contributed by atoms with E-state index in [9.17, 15) is 37.4 Å². The molecule has 0 bridgehead atoms. The number of urea groups is 1. The van der Waals surface area contributed by atoms with E-state index in [2.05, 4.69) is 0 Å². The summed E-state index contributed by atoms with van der Waals surface area (Å²) in [7, 11) is 1.55. The number of aliphatic hydroxyl groups excluding tert-OH is 2. The molecule has 4 rings (SSSR count). The van der Waals surface area contributed by atoms with E-state index in [1.807, 2.05) is 13.8 Å². The number of rotatable bonds is 8. The Morgan fingerprint density at radius 1 is 1.05 bits per heavy atom. The maximum Gasteiger partial charge on any atom is 0.416 e. The van der Waals surface area contributed by atoms with E-state index in [0.29, 0.717) is 22.3 Å². The van der Waals surface area contributed by atoms with E-state index in [1.165, 1.54) is 17.0 Å². The number of nitrogens with zero attached hydrogens (tertiary/aromatic N) is 3. The third-order valence-electron chi connectivity index (χ3n) is 9.31. The standard InChI is InChI=1S/C32H41F4N3O4/c1-19(2)22-15-23(17-24(16-22)32(34,35)36)21(4)37(5)30(43)39-11-10-38-27(18-31(8-12-40,9-13-41)29(38)42)28(39)26-7-6-25(33)14-20(26)3/h6-7,14-17,19,21,27-28,40-41H,8-13,18H2,1-5H3/t21-,27+,28+/m1/s1. The first-order valence-corrected chi connectivity index (χ1v) is 14.7. The Kier molecular flexibility index (Phi) is 9.47. The second-order valence-electron chi connectivity index (χ2n) is 12.2. The summed E-state index contributed by atoms with van der Waals surface area (Å²) in [6, 6.07) is 5.86. The summed E-state index contributed by atoms with van der Waals surface area (Å²) < 4.78 is 55.5. The zero-order valence-corrected chi connectivity index (χ0v) is 25.3. The molecule has 0 aliphatic carbocycles. The topological polar surface area (TPSA) is 84.3 Å². The summed E-state index contributed by atoms with van der Waals surface area (Å²) in [5, 5.41) is 19.6. The molecule has 0 radical (unpaired) electrons. The quantitative estimate of drug-likeness (QED) is 0.372. The van der Waals surface area contributed by atoms with Crippen LogP contribution in [0.15, 0.2) is 36.4 Å². The molecule has 7 nitrogen and oxygen atoms in total. The molecule has 2 heterocycles. The third kappa shape index (κ3) is 6.24. The van der Waals surface area contributed by atoms with E-state index in [0.717, 1.165) is 12.1 Å². The normalized spacial score (nSPS) is 20.9. The zero-order chi connectivity index (χ0) is 31.9.